The van der Waals surface area contributed by atoms with Crippen LogP contribution in [0.15, 0.2) is 59.1 Å². The van der Waals surface area contributed by atoms with Crippen LogP contribution in [0, 0.1) is 0 Å². The first-order valence-electron chi connectivity index (χ1n) is 9.59. The van der Waals surface area contributed by atoms with Gasteiger partial charge in [0.2, 0.25) is 11.8 Å². The van der Waals surface area contributed by atoms with Crippen LogP contribution in [0.25, 0.3) is 0 Å². The van der Waals surface area contributed by atoms with Crippen LogP contribution in [-0.2, 0) is 9.59 Å². The van der Waals surface area contributed by atoms with E-state index in [1.54, 1.807) is 4.90 Å². The van der Waals surface area contributed by atoms with Crippen molar-refractivity contribution in [1.82, 2.24) is 5.32 Å². The second kappa shape index (κ2) is 10.2. The van der Waals surface area contributed by atoms with Crippen molar-refractivity contribution in [1.29, 1.82) is 0 Å². The second-order valence-corrected chi connectivity index (χ2v) is 8.42. The highest BCUT2D eigenvalue weighted by Crippen LogP contribution is 2.33. The van der Waals surface area contributed by atoms with E-state index >= 15 is 0 Å². The number of nitrogens with one attached hydrogen (secondary N) is 1. The van der Waals surface area contributed by atoms with Gasteiger partial charge in [-0.05, 0) is 36.6 Å². The van der Waals surface area contributed by atoms with Gasteiger partial charge in [-0.25, -0.2) is 0 Å². The third-order valence-corrected chi connectivity index (χ3v) is 6.28. The average molecular weight is 508 g/mol. The minimum atomic E-state index is -0.745. The summed E-state index contributed by atoms with van der Waals surface area (Å²) in [4.78, 5) is 28.0. The predicted octanol–water partition coefficient (Wildman–Crippen LogP) is 5.37. The number of halogens is 2. The van der Waals surface area contributed by atoms with Crippen LogP contribution >= 0.6 is 31.9 Å². The molecule has 1 fully saturated rings. The van der Waals surface area contributed by atoms with Gasteiger partial charge in [0.25, 0.3) is 0 Å². The molecule has 1 N–H and O–H groups in total. The second-order valence-electron chi connectivity index (χ2n) is 7.00. The Hall–Kier alpha value is -1.66. The Morgan fingerprint density at radius 1 is 1.00 bits per heavy atom. The number of alkyl halides is 1. The molecule has 0 aliphatic heterocycles. The van der Waals surface area contributed by atoms with Gasteiger partial charge in [0.1, 0.15) is 6.04 Å². The highest BCUT2D eigenvalue weighted by atomic mass is 79.9. The summed E-state index contributed by atoms with van der Waals surface area (Å²) in [7, 11) is 0. The highest BCUT2D eigenvalue weighted by molar-refractivity contribution is 9.10. The summed E-state index contributed by atoms with van der Waals surface area (Å²) in [5, 5.41) is 3.34. The molecule has 0 heterocycles. The fraction of sp³-hybridized carbons (Fsp3) is 0.364. The zero-order chi connectivity index (χ0) is 19.9. The number of benzene rings is 2. The van der Waals surface area contributed by atoms with E-state index in [1.165, 1.54) is 6.42 Å². The molecule has 28 heavy (non-hydrogen) atoms. The first-order valence-corrected chi connectivity index (χ1v) is 11.5. The third-order valence-electron chi connectivity index (χ3n) is 5.08. The van der Waals surface area contributed by atoms with Crippen LogP contribution in [0.1, 0.15) is 43.7 Å². The van der Waals surface area contributed by atoms with Gasteiger partial charge in [0.15, 0.2) is 0 Å². The Bertz CT molecular complexity index is 807. The van der Waals surface area contributed by atoms with Gasteiger partial charge in [-0.3, -0.25) is 14.5 Å². The largest absolute Gasteiger partial charge is 0.351 e. The molecule has 6 heteroatoms. The number of anilines is 1. The van der Waals surface area contributed by atoms with Gasteiger partial charge in [0.05, 0.1) is 5.33 Å². The molecule has 4 nitrogen and oxygen atoms in total. The minimum Gasteiger partial charge on any atom is -0.351 e. The lowest BCUT2D eigenvalue weighted by Crippen LogP contribution is -2.47. The zero-order valence-corrected chi connectivity index (χ0v) is 18.8. The van der Waals surface area contributed by atoms with Crippen molar-refractivity contribution in [2.75, 3.05) is 10.2 Å². The summed E-state index contributed by atoms with van der Waals surface area (Å²) in [6.45, 7) is 0. The summed E-state index contributed by atoms with van der Waals surface area (Å²) < 4.78 is 0.807. The zero-order valence-electron chi connectivity index (χ0n) is 15.6. The van der Waals surface area contributed by atoms with Crippen molar-refractivity contribution in [3.8, 4) is 0 Å². The summed E-state index contributed by atoms with van der Waals surface area (Å²) in [5.41, 5.74) is 1.47. The molecule has 1 aliphatic carbocycles. The van der Waals surface area contributed by atoms with Crippen molar-refractivity contribution < 1.29 is 9.59 Å². The van der Waals surface area contributed by atoms with E-state index in [0.29, 0.717) is 5.69 Å². The molecular weight excluding hydrogens is 484 g/mol. The monoisotopic (exact) mass is 506 g/mol. The van der Waals surface area contributed by atoms with Gasteiger partial charge >= 0.3 is 0 Å². The topological polar surface area (TPSA) is 49.4 Å². The molecule has 1 unspecified atom stereocenters. The molecule has 0 aromatic heterocycles. The Balaban J connectivity index is 2.01. The van der Waals surface area contributed by atoms with Crippen molar-refractivity contribution in [3.63, 3.8) is 0 Å². The molecule has 1 saturated carbocycles. The number of carbonyl (C=O) groups excluding carboxylic acids is 2. The Labute approximate surface area is 182 Å². The van der Waals surface area contributed by atoms with Crippen LogP contribution in [0.2, 0.25) is 0 Å². The molecule has 2 aromatic carbocycles. The molecule has 0 spiro atoms. The number of hydrogen-bond donors (Lipinski definition) is 1. The molecule has 2 amide bonds. The molecule has 0 radical (unpaired) electrons. The van der Waals surface area contributed by atoms with E-state index in [-0.39, 0.29) is 23.2 Å². The van der Waals surface area contributed by atoms with E-state index in [4.69, 9.17) is 0 Å². The smallest absolute Gasteiger partial charge is 0.248 e. The number of amides is 2. The number of para-hydroxylation sites is 1. The summed E-state index contributed by atoms with van der Waals surface area (Å²) in [5.74, 6) is -0.303. The van der Waals surface area contributed by atoms with Crippen molar-refractivity contribution in [2.45, 2.75) is 44.2 Å². The Morgan fingerprint density at radius 2 is 1.64 bits per heavy atom. The Morgan fingerprint density at radius 3 is 2.29 bits per heavy atom. The first-order chi connectivity index (χ1) is 13.6. The summed E-state index contributed by atoms with van der Waals surface area (Å²) in [6, 6.07) is 16.4. The number of hydrogen-bond acceptors (Lipinski definition) is 2. The standard InChI is InChI=1S/C22H24Br2N2O2/c23-15-20(27)26(17-11-5-2-6-12-17)21(18-13-7-8-14-19(18)24)22(28)25-16-9-3-1-4-10-16/h2,5-8,11-14,16,21H,1,3-4,9-10,15H2,(H,25,28). The maximum absolute atomic E-state index is 13.5. The molecule has 2 aromatic rings. The van der Waals surface area contributed by atoms with Gasteiger partial charge in [0, 0.05) is 16.2 Å². The summed E-state index contributed by atoms with van der Waals surface area (Å²) in [6.07, 6.45) is 5.47. The van der Waals surface area contributed by atoms with E-state index in [0.717, 1.165) is 35.7 Å². The van der Waals surface area contributed by atoms with Gasteiger partial charge in [-0.2, -0.15) is 0 Å². The molecule has 1 atom stereocenters. The minimum absolute atomic E-state index is 0.138. The number of rotatable bonds is 6. The molecule has 3 rings (SSSR count). The van der Waals surface area contributed by atoms with Gasteiger partial charge in [-0.15, -0.1) is 0 Å². The van der Waals surface area contributed by atoms with Gasteiger partial charge < -0.3 is 5.32 Å². The predicted molar refractivity (Wildman–Crippen MR) is 120 cm³/mol. The fourth-order valence-electron chi connectivity index (χ4n) is 3.71. The molecule has 1 aliphatic rings. The molecule has 0 saturated heterocycles. The van der Waals surface area contributed by atoms with Crippen LogP contribution in [-0.4, -0.2) is 23.2 Å². The number of nitrogens with zero attached hydrogens (tertiary/aromatic N) is 1. The fourth-order valence-corrected chi connectivity index (χ4v) is 4.48. The lowest BCUT2D eigenvalue weighted by atomic mass is 9.94. The lowest BCUT2D eigenvalue weighted by Gasteiger charge is -2.33. The van der Waals surface area contributed by atoms with Crippen LogP contribution in [0.3, 0.4) is 0 Å². The number of carbonyl (C=O) groups is 2. The SMILES string of the molecule is O=C(NC1CCCCC1)C(c1ccccc1Br)N(C(=O)CBr)c1ccccc1. The molecule has 148 valence electrons. The maximum Gasteiger partial charge on any atom is 0.248 e. The Kier molecular flexibility index (Phi) is 7.68. The van der Waals surface area contributed by atoms with E-state index in [1.807, 2.05) is 54.6 Å². The van der Waals surface area contributed by atoms with Crippen molar-refractivity contribution in [2.24, 2.45) is 0 Å². The normalized spacial score (nSPS) is 15.6. The van der Waals surface area contributed by atoms with Crippen LogP contribution in [0.5, 0.6) is 0 Å². The summed E-state index contributed by atoms with van der Waals surface area (Å²) >= 11 is 6.86. The maximum atomic E-state index is 13.5. The quantitative estimate of drug-likeness (QED) is 0.534. The van der Waals surface area contributed by atoms with Crippen molar-refractivity contribution >= 4 is 49.4 Å². The van der Waals surface area contributed by atoms with Crippen LogP contribution in [0.4, 0.5) is 5.69 Å². The third kappa shape index (κ3) is 5.03. The van der Waals surface area contributed by atoms with E-state index in [2.05, 4.69) is 37.2 Å². The van der Waals surface area contributed by atoms with Crippen molar-refractivity contribution in [3.05, 3.63) is 64.6 Å². The molecule has 0 bridgehead atoms. The average Bonchev–Trinajstić information content (AvgIpc) is 2.73. The van der Waals surface area contributed by atoms with E-state index in [9.17, 15) is 9.59 Å². The first kappa shape index (κ1) is 21.1. The highest BCUT2D eigenvalue weighted by Gasteiger charge is 2.34. The van der Waals surface area contributed by atoms with E-state index < -0.39 is 6.04 Å². The van der Waals surface area contributed by atoms with Gasteiger partial charge in [-0.1, -0.05) is 87.5 Å². The lowest BCUT2D eigenvalue weighted by molar-refractivity contribution is -0.126. The van der Waals surface area contributed by atoms with Crippen LogP contribution < -0.4 is 10.2 Å². The molecular formula is C22H24Br2N2O2.